The molecule has 0 bridgehead atoms. The Balaban J connectivity index is 1.97. The lowest BCUT2D eigenvalue weighted by Crippen LogP contribution is -1.99. The molecule has 0 amide bonds. The van der Waals surface area contributed by atoms with E-state index in [-0.39, 0.29) is 0 Å². The van der Waals surface area contributed by atoms with Gasteiger partial charge >= 0.3 is 0 Å². The van der Waals surface area contributed by atoms with Crippen LogP contribution >= 0.6 is 0 Å². The Morgan fingerprint density at radius 2 is 1.73 bits per heavy atom. The molecule has 0 saturated carbocycles. The van der Waals surface area contributed by atoms with Crippen LogP contribution in [0.25, 0.3) is 27.6 Å². The molecule has 0 atom stereocenters. The predicted octanol–water partition coefficient (Wildman–Crippen LogP) is 4.67. The Hall–Kier alpha value is -2.61. The van der Waals surface area contributed by atoms with Crippen LogP contribution in [-0.2, 0) is 12.8 Å². The van der Waals surface area contributed by atoms with Gasteiger partial charge in [-0.25, -0.2) is 0 Å². The quantitative estimate of drug-likeness (QED) is 0.497. The fourth-order valence-electron chi connectivity index (χ4n) is 3.85. The van der Waals surface area contributed by atoms with Crippen molar-refractivity contribution in [2.75, 3.05) is 0 Å². The molecule has 1 aliphatic carbocycles. The summed E-state index contributed by atoms with van der Waals surface area (Å²) in [7, 11) is 0. The van der Waals surface area contributed by atoms with Gasteiger partial charge in [-0.2, -0.15) is 0 Å². The summed E-state index contributed by atoms with van der Waals surface area (Å²) in [5.41, 5.74) is 7.88. The van der Waals surface area contributed by atoms with Crippen LogP contribution in [0.4, 0.5) is 0 Å². The van der Waals surface area contributed by atoms with E-state index in [0.717, 1.165) is 5.52 Å². The number of nitrogens with zero attached hydrogens (tertiary/aromatic N) is 2. The fraction of sp³-hybridized carbons (Fsp3) is 0.150. The van der Waals surface area contributed by atoms with E-state index in [9.17, 15) is 0 Å². The van der Waals surface area contributed by atoms with Crippen LogP contribution < -0.4 is 0 Å². The Morgan fingerprint density at radius 1 is 0.818 bits per heavy atom. The minimum absolute atomic E-state index is 1.09. The Bertz CT molecular complexity index is 958. The summed E-state index contributed by atoms with van der Waals surface area (Å²) < 4.78 is 2.39. The molecule has 22 heavy (non-hydrogen) atoms. The molecule has 0 N–H and O–H groups in total. The molecule has 1 aliphatic rings. The second-order valence-corrected chi connectivity index (χ2v) is 5.99. The van der Waals surface area contributed by atoms with Crippen molar-refractivity contribution in [2.24, 2.45) is 0 Å². The first kappa shape index (κ1) is 12.0. The van der Waals surface area contributed by atoms with Crippen LogP contribution in [0.1, 0.15) is 17.5 Å². The number of aryl methyl sites for hydroxylation is 1. The molecule has 2 heterocycles. The molecule has 5 rings (SSSR count). The number of hydrogen-bond acceptors (Lipinski definition) is 1. The highest BCUT2D eigenvalue weighted by Gasteiger charge is 2.19. The topological polar surface area (TPSA) is 17.8 Å². The van der Waals surface area contributed by atoms with Gasteiger partial charge < -0.3 is 4.57 Å². The molecule has 2 aromatic heterocycles. The average molecular weight is 284 g/mol. The summed E-state index contributed by atoms with van der Waals surface area (Å²) in [4.78, 5) is 4.63. The van der Waals surface area contributed by atoms with Gasteiger partial charge in [0.1, 0.15) is 0 Å². The molecule has 0 radical (unpaired) electrons. The minimum atomic E-state index is 1.09. The van der Waals surface area contributed by atoms with Gasteiger partial charge in [-0.1, -0.05) is 30.3 Å². The standard InChI is InChI=1S/C20H16N2/c1-2-10-18-16(8-1)20-19(12-5-13-21-20)22(18)17-11-4-7-14-6-3-9-15(14)17/h1-2,4-5,7-8,10-13H,3,6,9H2. The zero-order valence-electron chi connectivity index (χ0n) is 12.3. The van der Waals surface area contributed by atoms with Crippen LogP contribution in [0.3, 0.4) is 0 Å². The number of fused-ring (bicyclic) bond motifs is 4. The van der Waals surface area contributed by atoms with Crippen LogP contribution in [-0.4, -0.2) is 9.55 Å². The average Bonchev–Trinajstić information content (AvgIpc) is 3.17. The number of aromatic nitrogens is 2. The summed E-state index contributed by atoms with van der Waals surface area (Å²) >= 11 is 0. The molecular weight excluding hydrogens is 268 g/mol. The Kier molecular flexibility index (Phi) is 2.42. The van der Waals surface area contributed by atoms with Crippen molar-refractivity contribution in [3.05, 3.63) is 71.9 Å². The fourth-order valence-corrected chi connectivity index (χ4v) is 3.85. The Labute approximate surface area is 129 Å². The van der Waals surface area contributed by atoms with Gasteiger partial charge in [0.05, 0.1) is 16.6 Å². The van der Waals surface area contributed by atoms with E-state index in [2.05, 4.69) is 58.1 Å². The summed E-state index contributed by atoms with van der Waals surface area (Å²) in [5, 5.41) is 1.23. The number of hydrogen-bond donors (Lipinski definition) is 0. The molecular formula is C20H16N2. The molecule has 0 spiro atoms. The lowest BCUT2D eigenvalue weighted by Gasteiger charge is -2.12. The van der Waals surface area contributed by atoms with Crippen molar-refractivity contribution in [3.63, 3.8) is 0 Å². The highest BCUT2D eigenvalue weighted by molar-refractivity contribution is 6.07. The van der Waals surface area contributed by atoms with Gasteiger partial charge in [0, 0.05) is 17.3 Å². The zero-order chi connectivity index (χ0) is 14.5. The van der Waals surface area contributed by atoms with E-state index >= 15 is 0 Å². The van der Waals surface area contributed by atoms with Crippen LogP contribution in [0.5, 0.6) is 0 Å². The smallest absolute Gasteiger partial charge is 0.0963 e. The van der Waals surface area contributed by atoms with Crippen LogP contribution in [0.2, 0.25) is 0 Å². The maximum absolute atomic E-state index is 4.63. The maximum atomic E-state index is 4.63. The van der Waals surface area contributed by atoms with Crippen molar-refractivity contribution < 1.29 is 0 Å². The van der Waals surface area contributed by atoms with Gasteiger partial charge in [-0.3, -0.25) is 4.98 Å². The third kappa shape index (κ3) is 1.52. The minimum Gasteiger partial charge on any atom is -0.307 e. The van der Waals surface area contributed by atoms with Gasteiger partial charge in [-0.05, 0) is 54.7 Å². The summed E-state index contributed by atoms with van der Waals surface area (Å²) in [6.07, 6.45) is 5.54. The lowest BCUT2D eigenvalue weighted by molar-refractivity contribution is 0.908. The van der Waals surface area contributed by atoms with Gasteiger partial charge in [0.2, 0.25) is 0 Å². The number of para-hydroxylation sites is 1. The first-order valence-corrected chi connectivity index (χ1v) is 7.89. The SMILES string of the molecule is c1cc2c(c(-n3c4ccccc4c4ncccc43)c1)CCC2. The first-order chi connectivity index (χ1) is 10.9. The van der Waals surface area contributed by atoms with E-state index in [1.807, 2.05) is 12.3 Å². The highest BCUT2D eigenvalue weighted by atomic mass is 15.0. The molecule has 0 saturated heterocycles. The third-order valence-corrected chi connectivity index (χ3v) is 4.79. The molecule has 4 aromatic rings. The molecule has 0 fully saturated rings. The molecule has 2 nitrogen and oxygen atoms in total. The first-order valence-electron chi connectivity index (χ1n) is 7.89. The molecule has 2 heteroatoms. The van der Waals surface area contributed by atoms with E-state index in [1.54, 1.807) is 0 Å². The second kappa shape index (κ2) is 4.44. The van der Waals surface area contributed by atoms with Crippen molar-refractivity contribution in [1.82, 2.24) is 9.55 Å². The van der Waals surface area contributed by atoms with Gasteiger partial charge in [-0.15, -0.1) is 0 Å². The van der Waals surface area contributed by atoms with Crippen molar-refractivity contribution in [2.45, 2.75) is 19.3 Å². The molecule has 0 unspecified atom stereocenters. The van der Waals surface area contributed by atoms with Crippen LogP contribution in [0.15, 0.2) is 60.8 Å². The zero-order valence-corrected chi connectivity index (χ0v) is 12.3. The van der Waals surface area contributed by atoms with Crippen molar-refractivity contribution >= 4 is 21.9 Å². The van der Waals surface area contributed by atoms with Gasteiger partial charge in [0.25, 0.3) is 0 Å². The Morgan fingerprint density at radius 3 is 2.73 bits per heavy atom. The summed E-state index contributed by atoms with van der Waals surface area (Å²) in [6.45, 7) is 0. The van der Waals surface area contributed by atoms with Crippen molar-refractivity contribution in [1.29, 1.82) is 0 Å². The van der Waals surface area contributed by atoms with Crippen molar-refractivity contribution in [3.8, 4) is 5.69 Å². The molecule has 0 aliphatic heterocycles. The summed E-state index contributed by atoms with van der Waals surface area (Å²) in [5.74, 6) is 0. The van der Waals surface area contributed by atoms with Crippen LogP contribution in [0, 0.1) is 0 Å². The highest BCUT2D eigenvalue weighted by Crippen LogP contribution is 2.34. The summed E-state index contributed by atoms with van der Waals surface area (Å²) in [6, 6.07) is 19.5. The second-order valence-electron chi connectivity index (χ2n) is 5.99. The number of benzene rings is 2. The van der Waals surface area contributed by atoms with E-state index in [1.165, 1.54) is 52.5 Å². The maximum Gasteiger partial charge on any atom is 0.0963 e. The van der Waals surface area contributed by atoms with E-state index in [4.69, 9.17) is 0 Å². The number of pyridine rings is 1. The predicted molar refractivity (Wildman–Crippen MR) is 90.6 cm³/mol. The molecule has 106 valence electrons. The lowest BCUT2D eigenvalue weighted by atomic mass is 10.1. The van der Waals surface area contributed by atoms with E-state index in [0.29, 0.717) is 0 Å². The normalized spacial score (nSPS) is 13.8. The molecule has 2 aromatic carbocycles. The van der Waals surface area contributed by atoms with Gasteiger partial charge in [0.15, 0.2) is 0 Å². The largest absolute Gasteiger partial charge is 0.307 e. The monoisotopic (exact) mass is 284 g/mol. The number of rotatable bonds is 1. The van der Waals surface area contributed by atoms with E-state index < -0.39 is 0 Å². The third-order valence-electron chi connectivity index (χ3n) is 4.79.